The summed E-state index contributed by atoms with van der Waals surface area (Å²) in [4.78, 5) is 41.9. The van der Waals surface area contributed by atoms with Crippen LogP contribution in [0.25, 0.3) is 0 Å². The first-order chi connectivity index (χ1) is 24.6. The van der Waals surface area contributed by atoms with Gasteiger partial charge in [0.1, 0.15) is 11.7 Å². The highest BCUT2D eigenvalue weighted by atomic mass is 16.7. The molecule has 0 radical (unpaired) electrons. The van der Waals surface area contributed by atoms with E-state index in [-0.39, 0.29) is 31.7 Å². The second-order valence-corrected chi connectivity index (χ2v) is 18.7. The minimum Gasteiger partial charge on any atom is -0.459 e. The number of esters is 3. The van der Waals surface area contributed by atoms with Gasteiger partial charge in [-0.3, -0.25) is 14.5 Å². The number of hydrogen-bond donors (Lipinski definition) is 6. The molecular formula is C39H61NO13. The second kappa shape index (κ2) is 12.5. The van der Waals surface area contributed by atoms with Crippen LogP contribution in [0.15, 0.2) is 0 Å². The maximum atomic E-state index is 13.7. The van der Waals surface area contributed by atoms with Crippen LogP contribution < -0.4 is 0 Å². The van der Waals surface area contributed by atoms with Crippen molar-refractivity contribution in [2.24, 2.45) is 46.8 Å². The first kappa shape index (κ1) is 39.3. The van der Waals surface area contributed by atoms with Crippen LogP contribution in [-0.4, -0.2) is 131 Å². The Labute approximate surface area is 311 Å². The van der Waals surface area contributed by atoms with Crippen molar-refractivity contribution >= 4 is 17.9 Å². The summed E-state index contributed by atoms with van der Waals surface area (Å²) < 4.78 is 24.8. The van der Waals surface area contributed by atoms with E-state index in [1.54, 1.807) is 20.8 Å². The van der Waals surface area contributed by atoms with Gasteiger partial charge in [-0.2, -0.15) is 0 Å². The van der Waals surface area contributed by atoms with Crippen molar-refractivity contribution in [1.29, 1.82) is 0 Å². The van der Waals surface area contributed by atoms with Gasteiger partial charge in [-0.05, 0) is 76.5 Å². The first-order valence-electron chi connectivity index (χ1n) is 19.8. The number of carbonyl (C=O) groups excluding carboxylic acids is 3. The van der Waals surface area contributed by atoms with E-state index in [4.69, 9.17) is 18.9 Å². The fourth-order valence-electron chi connectivity index (χ4n) is 12.8. The zero-order chi connectivity index (χ0) is 39.0. The van der Waals surface area contributed by atoms with Crippen molar-refractivity contribution in [3.8, 4) is 0 Å². The van der Waals surface area contributed by atoms with Gasteiger partial charge in [0.25, 0.3) is 0 Å². The average Bonchev–Trinajstić information content (AvgIpc) is 3.38. The van der Waals surface area contributed by atoms with E-state index < -0.39 is 118 Å². The van der Waals surface area contributed by atoms with Gasteiger partial charge in [-0.1, -0.05) is 34.6 Å². The molecule has 53 heavy (non-hydrogen) atoms. The lowest BCUT2D eigenvalue weighted by molar-refractivity contribution is -0.301. The maximum Gasteiger partial charge on any atom is 0.338 e. The third kappa shape index (κ3) is 5.14. The Hall–Kier alpha value is -1.91. The van der Waals surface area contributed by atoms with E-state index in [1.807, 2.05) is 13.8 Å². The van der Waals surface area contributed by atoms with Gasteiger partial charge in [0.15, 0.2) is 17.8 Å². The summed E-state index contributed by atoms with van der Waals surface area (Å²) >= 11 is 0. The van der Waals surface area contributed by atoms with Gasteiger partial charge in [0, 0.05) is 37.4 Å². The molecule has 7 aliphatic rings. The van der Waals surface area contributed by atoms with Crippen molar-refractivity contribution in [1.82, 2.24) is 4.90 Å². The molecule has 3 heterocycles. The predicted octanol–water partition coefficient (Wildman–Crippen LogP) is 1.04. The summed E-state index contributed by atoms with van der Waals surface area (Å²) in [6.45, 7) is 14.4. The number of ether oxygens (including phenoxy) is 4. The Bertz CT molecular complexity index is 1500. The molecular weight excluding hydrogens is 690 g/mol. The molecule has 4 saturated carbocycles. The summed E-state index contributed by atoms with van der Waals surface area (Å²) in [5, 5.41) is 74.7. The molecule has 14 heteroatoms. The smallest absolute Gasteiger partial charge is 0.338 e. The number of carbonyl (C=O) groups is 3. The fraction of sp³-hybridized carbons (Fsp3) is 0.923. The molecule has 4 bridgehead atoms. The molecule has 7 rings (SSSR count). The zero-order valence-electron chi connectivity index (χ0n) is 32.4. The summed E-state index contributed by atoms with van der Waals surface area (Å²) in [5.74, 6) is -9.73. The van der Waals surface area contributed by atoms with Crippen molar-refractivity contribution in [3.05, 3.63) is 0 Å². The maximum absolute atomic E-state index is 13.7. The molecule has 0 aromatic rings. The Morgan fingerprint density at radius 2 is 1.66 bits per heavy atom. The van der Waals surface area contributed by atoms with Gasteiger partial charge in [0.05, 0.1) is 41.2 Å². The van der Waals surface area contributed by atoms with Crippen LogP contribution in [0.3, 0.4) is 0 Å². The van der Waals surface area contributed by atoms with Gasteiger partial charge >= 0.3 is 17.9 Å². The number of aliphatic hydroxyl groups excluding tert-OH is 2. The van der Waals surface area contributed by atoms with E-state index >= 15 is 0 Å². The number of piperidine rings is 2. The monoisotopic (exact) mass is 751 g/mol. The number of hydrogen-bond acceptors (Lipinski definition) is 14. The number of aliphatic hydroxyl groups is 6. The van der Waals surface area contributed by atoms with Crippen molar-refractivity contribution in [3.63, 3.8) is 0 Å². The Morgan fingerprint density at radius 1 is 0.981 bits per heavy atom. The molecule has 7 fully saturated rings. The van der Waals surface area contributed by atoms with Crippen molar-refractivity contribution < 1.29 is 64.0 Å². The Kier molecular flexibility index (Phi) is 9.31. The molecule has 3 saturated heterocycles. The highest BCUT2D eigenvalue weighted by Crippen LogP contribution is 2.77. The second-order valence-electron chi connectivity index (χ2n) is 18.7. The average molecular weight is 752 g/mol. The quantitative estimate of drug-likeness (QED) is 0.159. The highest BCUT2D eigenvalue weighted by Gasteiger charge is 2.89. The third-order valence-corrected chi connectivity index (χ3v) is 15.7. The predicted molar refractivity (Wildman–Crippen MR) is 185 cm³/mol. The van der Waals surface area contributed by atoms with Crippen molar-refractivity contribution in [2.45, 2.75) is 165 Å². The first-order valence-corrected chi connectivity index (χ1v) is 19.8. The number of fused-ring (bicyclic) bond motifs is 5. The van der Waals surface area contributed by atoms with E-state index in [0.29, 0.717) is 31.8 Å². The molecule has 1 spiro atoms. The number of rotatable bonds is 7. The third-order valence-electron chi connectivity index (χ3n) is 15.7. The summed E-state index contributed by atoms with van der Waals surface area (Å²) in [6, 6.07) is -0.284. The molecule has 6 N–H and O–H groups in total. The lowest BCUT2D eigenvalue weighted by Crippen LogP contribution is -2.78. The highest BCUT2D eigenvalue weighted by molar-refractivity contribution is 5.79. The van der Waals surface area contributed by atoms with E-state index in [1.165, 1.54) is 13.8 Å². The van der Waals surface area contributed by atoms with Crippen LogP contribution in [0.2, 0.25) is 0 Å². The van der Waals surface area contributed by atoms with Crippen LogP contribution in [0.5, 0.6) is 0 Å². The normalized spacial score (nSPS) is 52.9. The molecule has 3 aliphatic heterocycles. The van der Waals surface area contributed by atoms with E-state index in [0.717, 1.165) is 6.42 Å². The minimum absolute atomic E-state index is 0.0378. The molecule has 0 aromatic carbocycles. The molecule has 0 unspecified atom stereocenters. The van der Waals surface area contributed by atoms with Crippen LogP contribution >= 0.6 is 0 Å². The van der Waals surface area contributed by atoms with Crippen LogP contribution in [0, 0.1) is 46.8 Å². The Balaban J connectivity index is 1.40. The summed E-state index contributed by atoms with van der Waals surface area (Å²) in [5.41, 5.74) is -8.19. The zero-order valence-corrected chi connectivity index (χ0v) is 32.4. The summed E-state index contributed by atoms with van der Waals surface area (Å²) in [6.07, 6.45) is -5.24. The van der Waals surface area contributed by atoms with Gasteiger partial charge in [-0.15, -0.1) is 0 Å². The van der Waals surface area contributed by atoms with Gasteiger partial charge in [-0.25, -0.2) is 4.79 Å². The standard InChI is InChI=1S/C39H61NO13/c1-9-19(4)32(44)52-31-26(42)25-21(17-40-16-18(3)11-12-23(40)36(25,8)47)22-15-37-29(38(22,31)48)27(43)28(50-20(5)41)30-34(37,6)14-13-24(39(30,49)53-37)51-33(45)35(7,46)10-2/h18-19,21-31,42-43,46-49H,9-17H2,1-8H3/t18-,19+,21+,22-,23-,24-,25+,26+,27+,28-,29+,30-,31-,34-,35-,36+,37+,38-,39+/m0/s1. The molecule has 14 nitrogen and oxygen atoms in total. The fourth-order valence-corrected chi connectivity index (χ4v) is 12.8. The Morgan fingerprint density at radius 3 is 2.28 bits per heavy atom. The van der Waals surface area contributed by atoms with Gasteiger partial charge < -0.3 is 49.6 Å². The van der Waals surface area contributed by atoms with E-state index in [9.17, 15) is 45.0 Å². The van der Waals surface area contributed by atoms with E-state index in [2.05, 4.69) is 11.8 Å². The lowest BCUT2D eigenvalue weighted by Gasteiger charge is -2.64. The lowest BCUT2D eigenvalue weighted by atomic mass is 9.48. The molecule has 0 amide bonds. The SMILES string of the molecule is CC[C@@H](C)C(=O)O[C@H]1[C@H](O)[C@H]2[C@H](CN3C[C@@H](C)CC[C@H]3[C@@]2(C)O)[C@@H]2C[C@]34O[C@]5(O)[C@@H](OC(=O)[C@@](C)(O)CC)CC[C@@]3(C)[C@@H]5[C@@H](OC(C)=O)[C@@H](O)[C@H]4[C@@]21O. The molecule has 300 valence electrons. The number of nitrogens with zero attached hydrogens (tertiary/aromatic N) is 1. The van der Waals surface area contributed by atoms with Crippen LogP contribution in [0.1, 0.15) is 100 Å². The van der Waals surface area contributed by atoms with Gasteiger partial charge in [0.2, 0.25) is 5.79 Å². The topological polar surface area (TPSA) is 213 Å². The van der Waals surface area contributed by atoms with Crippen LogP contribution in [-0.2, 0) is 33.3 Å². The largest absolute Gasteiger partial charge is 0.459 e. The molecule has 19 atom stereocenters. The van der Waals surface area contributed by atoms with Crippen LogP contribution in [0.4, 0.5) is 0 Å². The molecule has 4 aliphatic carbocycles. The molecule has 0 aromatic heterocycles. The van der Waals surface area contributed by atoms with Crippen molar-refractivity contribution in [2.75, 3.05) is 13.1 Å². The summed E-state index contributed by atoms with van der Waals surface area (Å²) in [7, 11) is 0. The minimum atomic E-state index is -2.33.